The van der Waals surface area contributed by atoms with E-state index in [0.717, 1.165) is 38.9 Å². The molecule has 0 atom stereocenters. The van der Waals surface area contributed by atoms with Crippen LogP contribution in [-0.2, 0) is 0 Å². The molecular formula is C22H17ClN2. The summed E-state index contributed by atoms with van der Waals surface area (Å²) in [6.07, 6.45) is 0. The molecular weight excluding hydrogens is 328 g/mol. The second-order valence-corrected chi connectivity index (χ2v) is 6.49. The van der Waals surface area contributed by atoms with E-state index >= 15 is 0 Å². The first-order valence-electron chi connectivity index (χ1n) is 8.19. The number of hydrogen-bond acceptors (Lipinski definition) is 1. The maximum Gasteiger partial charge on any atom is 0.138 e. The molecule has 0 aliphatic heterocycles. The molecule has 122 valence electrons. The number of hydrogen-bond donors (Lipinski definition) is 1. The molecule has 0 radical (unpaired) electrons. The van der Waals surface area contributed by atoms with Crippen LogP contribution in [0.25, 0.3) is 33.9 Å². The molecule has 0 fully saturated rings. The quantitative estimate of drug-likeness (QED) is 0.459. The molecule has 3 heteroatoms. The standard InChI is InChI=1S/C22H17ClN2/c1-15-6-5-9-18(14-15)22-24-20(16-7-3-2-4-8-16)21(25-22)17-10-12-19(23)13-11-17/h2-14H,1H3,(H,24,25). The minimum atomic E-state index is 0.725. The van der Waals surface area contributed by atoms with Gasteiger partial charge in [-0.25, -0.2) is 4.98 Å². The lowest BCUT2D eigenvalue weighted by Gasteiger charge is -2.03. The number of aromatic amines is 1. The van der Waals surface area contributed by atoms with Gasteiger partial charge in [-0.05, 0) is 25.1 Å². The maximum atomic E-state index is 6.05. The molecule has 0 unspecified atom stereocenters. The summed E-state index contributed by atoms with van der Waals surface area (Å²) >= 11 is 6.05. The first kappa shape index (κ1) is 15.7. The van der Waals surface area contributed by atoms with Crippen molar-refractivity contribution in [1.29, 1.82) is 0 Å². The second-order valence-electron chi connectivity index (χ2n) is 6.05. The summed E-state index contributed by atoms with van der Waals surface area (Å²) in [5, 5.41) is 0.725. The van der Waals surface area contributed by atoms with Gasteiger partial charge in [-0.1, -0.05) is 77.8 Å². The Morgan fingerprint density at radius 2 is 1.48 bits per heavy atom. The smallest absolute Gasteiger partial charge is 0.138 e. The third kappa shape index (κ3) is 3.21. The molecule has 25 heavy (non-hydrogen) atoms. The highest BCUT2D eigenvalue weighted by atomic mass is 35.5. The molecule has 1 heterocycles. The van der Waals surface area contributed by atoms with Gasteiger partial charge < -0.3 is 4.98 Å². The fraction of sp³-hybridized carbons (Fsp3) is 0.0455. The van der Waals surface area contributed by atoms with E-state index in [1.54, 1.807) is 0 Å². The average Bonchev–Trinajstić information content (AvgIpc) is 3.08. The van der Waals surface area contributed by atoms with Gasteiger partial charge in [-0.3, -0.25) is 0 Å². The number of nitrogens with zero attached hydrogens (tertiary/aromatic N) is 1. The van der Waals surface area contributed by atoms with Crippen LogP contribution >= 0.6 is 11.6 Å². The van der Waals surface area contributed by atoms with Crippen LogP contribution in [-0.4, -0.2) is 9.97 Å². The Kier molecular flexibility index (Phi) is 4.12. The highest BCUT2D eigenvalue weighted by molar-refractivity contribution is 6.30. The number of aryl methyl sites for hydroxylation is 1. The first-order chi connectivity index (χ1) is 12.2. The minimum absolute atomic E-state index is 0.725. The Bertz CT molecular complexity index is 1000. The van der Waals surface area contributed by atoms with Crippen molar-refractivity contribution in [3.63, 3.8) is 0 Å². The number of imidazole rings is 1. The molecule has 0 aliphatic carbocycles. The topological polar surface area (TPSA) is 28.7 Å². The summed E-state index contributed by atoms with van der Waals surface area (Å²) in [5.74, 6) is 0.868. The largest absolute Gasteiger partial charge is 0.337 e. The van der Waals surface area contributed by atoms with Crippen molar-refractivity contribution in [2.75, 3.05) is 0 Å². The summed E-state index contributed by atoms with van der Waals surface area (Å²) in [7, 11) is 0. The highest BCUT2D eigenvalue weighted by Gasteiger charge is 2.15. The van der Waals surface area contributed by atoms with Crippen LogP contribution in [0.5, 0.6) is 0 Å². The van der Waals surface area contributed by atoms with Gasteiger partial charge in [0.1, 0.15) is 5.82 Å². The Morgan fingerprint density at radius 1 is 0.760 bits per heavy atom. The Hall–Kier alpha value is -2.84. The summed E-state index contributed by atoms with van der Waals surface area (Å²) in [5.41, 5.74) is 6.39. The summed E-state index contributed by atoms with van der Waals surface area (Å²) < 4.78 is 0. The van der Waals surface area contributed by atoms with Crippen LogP contribution in [0, 0.1) is 6.92 Å². The van der Waals surface area contributed by atoms with E-state index in [1.807, 2.05) is 42.5 Å². The third-order valence-electron chi connectivity index (χ3n) is 4.18. The van der Waals surface area contributed by atoms with Crippen LogP contribution in [0.2, 0.25) is 5.02 Å². The monoisotopic (exact) mass is 344 g/mol. The normalized spacial score (nSPS) is 10.8. The van der Waals surface area contributed by atoms with Crippen molar-refractivity contribution < 1.29 is 0 Å². The number of rotatable bonds is 3. The predicted molar refractivity (Wildman–Crippen MR) is 105 cm³/mol. The van der Waals surface area contributed by atoms with Crippen molar-refractivity contribution in [2.45, 2.75) is 6.92 Å². The molecule has 0 saturated carbocycles. The van der Waals surface area contributed by atoms with Crippen molar-refractivity contribution in [1.82, 2.24) is 9.97 Å². The lowest BCUT2D eigenvalue weighted by Crippen LogP contribution is -1.83. The molecule has 4 aromatic rings. The van der Waals surface area contributed by atoms with E-state index in [2.05, 4.69) is 48.3 Å². The molecule has 1 N–H and O–H groups in total. The lowest BCUT2D eigenvalue weighted by molar-refractivity contribution is 1.30. The SMILES string of the molecule is Cc1cccc(-c2nc(-c3ccccc3)c(-c3ccc(Cl)cc3)[nH]2)c1. The van der Waals surface area contributed by atoms with Gasteiger partial charge in [0.05, 0.1) is 11.4 Å². The molecule has 0 saturated heterocycles. The summed E-state index contributed by atoms with van der Waals surface area (Å²) in [6, 6.07) is 26.4. The van der Waals surface area contributed by atoms with Gasteiger partial charge in [0.25, 0.3) is 0 Å². The molecule has 3 aromatic carbocycles. The van der Waals surface area contributed by atoms with Crippen LogP contribution in [0.1, 0.15) is 5.56 Å². The minimum Gasteiger partial charge on any atom is -0.337 e. The van der Waals surface area contributed by atoms with Crippen molar-refractivity contribution >= 4 is 11.6 Å². The number of benzene rings is 3. The van der Waals surface area contributed by atoms with Crippen LogP contribution in [0.4, 0.5) is 0 Å². The zero-order chi connectivity index (χ0) is 17.2. The van der Waals surface area contributed by atoms with E-state index in [1.165, 1.54) is 5.56 Å². The zero-order valence-corrected chi connectivity index (χ0v) is 14.6. The fourth-order valence-electron chi connectivity index (χ4n) is 2.93. The predicted octanol–water partition coefficient (Wildman–Crippen LogP) is 6.37. The van der Waals surface area contributed by atoms with Crippen molar-refractivity contribution in [3.8, 4) is 33.9 Å². The van der Waals surface area contributed by atoms with E-state index in [0.29, 0.717) is 0 Å². The number of aromatic nitrogens is 2. The van der Waals surface area contributed by atoms with Crippen LogP contribution in [0.15, 0.2) is 78.9 Å². The van der Waals surface area contributed by atoms with Crippen LogP contribution in [0.3, 0.4) is 0 Å². The second kappa shape index (κ2) is 6.58. The van der Waals surface area contributed by atoms with Gasteiger partial charge in [0, 0.05) is 21.7 Å². The molecule has 1 aromatic heterocycles. The van der Waals surface area contributed by atoms with Crippen LogP contribution < -0.4 is 0 Å². The molecule has 0 aliphatic rings. The van der Waals surface area contributed by atoms with E-state index in [-0.39, 0.29) is 0 Å². The van der Waals surface area contributed by atoms with Gasteiger partial charge in [0.2, 0.25) is 0 Å². The summed E-state index contributed by atoms with van der Waals surface area (Å²) in [4.78, 5) is 8.41. The first-order valence-corrected chi connectivity index (χ1v) is 8.57. The number of H-pyrrole nitrogens is 1. The molecule has 0 amide bonds. The van der Waals surface area contributed by atoms with Gasteiger partial charge in [0.15, 0.2) is 0 Å². The average molecular weight is 345 g/mol. The molecule has 4 rings (SSSR count). The number of halogens is 1. The van der Waals surface area contributed by atoms with Gasteiger partial charge >= 0.3 is 0 Å². The van der Waals surface area contributed by atoms with Gasteiger partial charge in [-0.2, -0.15) is 0 Å². The number of nitrogens with one attached hydrogen (secondary N) is 1. The van der Waals surface area contributed by atoms with Crippen molar-refractivity contribution in [3.05, 3.63) is 89.4 Å². The van der Waals surface area contributed by atoms with E-state index in [4.69, 9.17) is 16.6 Å². The molecule has 0 bridgehead atoms. The third-order valence-corrected chi connectivity index (χ3v) is 4.43. The van der Waals surface area contributed by atoms with Crippen molar-refractivity contribution in [2.24, 2.45) is 0 Å². The molecule has 2 nitrogen and oxygen atoms in total. The maximum absolute atomic E-state index is 6.05. The Balaban J connectivity index is 1.90. The zero-order valence-electron chi connectivity index (χ0n) is 13.8. The van der Waals surface area contributed by atoms with Gasteiger partial charge in [-0.15, -0.1) is 0 Å². The van der Waals surface area contributed by atoms with E-state index < -0.39 is 0 Å². The Morgan fingerprint density at radius 3 is 2.20 bits per heavy atom. The summed E-state index contributed by atoms with van der Waals surface area (Å²) in [6.45, 7) is 2.09. The molecule has 0 spiro atoms. The lowest BCUT2D eigenvalue weighted by atomic mass is 10.1. The van der Waals surface area contributed by atoms with E-state index in [9.17, 15) is 0 Å². The fourth-order valence-corrected chi connectivity index (χ4v) is 3.06. The Labute approximate surface area is 152 Å². The highest BCUT2D eigenvalue weighted by Crippen LogP contribution is 2.33.